The van der Waals surface area contributed by atoms with Crippen molar-refractivity contribution < 1.29 is 14.3 Å². The van der Waals surface area contributed by atoms with Crippen molar-refractivity contribution in [3.05, 3.63) is 70.2 Å². The van der Waals surface area contributed by atoms with Gasteiger partial charge in [0, 0.05) is 5.02 Å². The molecule has 0 unspecified atom stereocenters. The predicted molar refractivity (Wildman–Crippen MR) is 98.5 cm³/mol. The lowest BCUT2D eigenvalue weighted by Gasteiger charge is -2.17. The van der Waals surface area contributed by atoms with Gasteiger partial charge in [-0.1, -0.05) is 60.5 Å². The first-order valence-corrected chi connectivity index (χ1v) is 8.61. The van der Waals surface area contributed by atoms with Crippen molar-refractivity contribution in [3.8, 4) is 0 Å². The fourth-order valence-corrected chi connectivity index (χ4v) is 2.55. The highest BCUT2D eigenvalue weighted by Gasteiger charge is 2.14. The van der Waals surface area contributed by atoms with E-state index in [4.69, 9.17) is 16.3 Å². The van der Waals surface area contributed by atoms with E-state index in [0.29, 0.717) is 5.02 Å². The van der Waals surface area contributed by atoms with Gasteiger partial charge in [0.1, 0.15) is 0 Å². The molecule has 0 saturated carbocycles. The van der Waals surface area contributed by atoms with E-state index in [1.165, 1.54) is 5.56 Å². The summed E-state index contributed by atoms with van der Waals surface area (Å²) < 4.78 is 5.05. The maximum Gasteiger partial charge on any atom is 0.310 e. The molecule has 0 heterocycles. The van der Waals surface area contributed by atoms with Crippen LogP contribution in [0.1, 0.15) is 36.1 Å². The molecule has 0 bridgehead atoms. The summed E-state index contributed by atoms with van der Waals surface area (Å²) in [5.74, 6) is -0.752. The minimum absolute atomic E-state index is 0.0944. The Morgan fingerprint density at radius 1 is 1.08 bits per heavy atom. The van der Waals surface area contributed by atoms with E-state index in [9.17, 15) is 9.59 Å². The lowest BCUT2D eigenvalue weighted by molar-refractivity contribution is -0.148. The number of aryl methyl sites for hydroxylation is 1. The Labute approximate surface area is 153 Å². The third kappa shape index (κ3) is 6.24. The summed E-state index contributed by atoms with van der Waals surface area (Å²) in [5.41, 5.74) is 3.00. The van der Waals surface area contributed by atoms with Crippen LogP contribution in [0.15, 0.2) is 48.5 Å². The van der Waals surface area contributed by atoms with Crippen LogP contribution in [0.5, 0.6) is 0 Å². The van der Waals surface area contributed by atoms with Crippen LogP contribution in [0.3, 0.4) is 0 Å². The van der Waals surface area contributed by atoms with E-state index in [0.717, 1.165) is 17.5 Å². The molecule has 0 aliphatic carbocycles. The number of esters is 1. The van der Waals surface area contributed by atoms with Gasteiger partial charge in [-0.15, -0.1) is 0 Å². The number of carbonyl (C=O) groups is 2. The zero-order valence-corrected chi connectivity index (χ0v) is 15.2. The normalized spacial score (nSPS) is 11.6. The monoisotopic (exact) mass is 359 g/mol. The first-order chi connectivity index (χ1) is 12.0. The van der Waals surface area contributed by atoms with Gasteiger partial charge in [-0.3, -0.25) is 9.59 Å². The van der Waals surface area contributed by atoms with E-state index < -0.39 is 5.97 Å². The van der Waals surface area contributed by atoms with Crippen LogP contribution in [0.4, 0.5) is 0 Å². The van der Waals surface area contributed by atoms with Crippen molar-refractivity contribution in [3.63, 3.8) is 0 Å². The van der Waals surface area contributed by atoms with Crippen molar-refractivity contribution in [2.75, 3.05) is 6.61 Å². The Kier molecular flexibility index (Phi) is 7.02. The quantitative estimate of drug-likeness (QED) is 0.760. The molecule has 132 valence electrons. The van der Waals surface area contributed by atoms with Crippen LogP contribution in [0.2, 0.25) is 5.02 Å². The summed E-state index contributed by atoms with van der Waals surface area (Å²) in [6, 6.07) is 14.9. The summed E-state index contributed by atoms with van der Waals surface area (Å²) in [6.45, 7) is 3.73. The summed E-state index contributed by atoms with van der Waals surface area (Å²) in [4.78, 5) is 23.9. The summed E-state index contributed by atoms with van der Waals surface area (Å²) in [5, 5.41) is 3.50. The summed E-state index contributed by atoms with van der Waals surface area (Å²) in [6.07, 6.45) is 0.868. The Balaban J connectivity index is 1.81. The molecule has 0 spiro atoms. The maximum atomic E-state index is 12.0. The topological polar surface area (TPSA) is 55.4 Å². The second kappa shape index (κ2) is 9.23. The van der Waals surface area contributed by atoms with Gasteiger partial charge in [0.15, 0.2) is 6.61 Å². The van der Waals surface area contributed by atoms with Crippen LogP contribution < -0.4 is 5.32 Å². The Morgan fingerprint density at radius 3 is 2.32 bits per heavy atom. The lowest BCUT2D eigenvalue weighted by Crippen LogP contribution is -2.32. The van der Waals surface area contributed by atoms with Gasteiger partial charge < -0.3 is 10.1 Å². The second-order valence-electron chi connectivity index (χ2n) is 5.90. The number of hydrogen-bond donors (Lipinski definition) is 1. The predicted octanol–water partition coefficient (Wildman–Crippen LogP) is 4.00. The largest absolute Gasteiger partial charge is 0.455 e. The van der Waals surface area contributed by atoms with E-state index in [1.807, 2.05) is 38.1 Å². The minimum atomic E-state index is -0.444. The number of halogens is 1. The second-order valence-corrected chi connectivity index (χ2v) is 6.34. The summed E-state index contributed by atoms with van der Waals surface area (Å²) >= 11 is 5.80. The van der Waals surface area contributed by atoms with Gasteiger partial charge in [-0.05, 0) is 36.6 Å². The molecule has 2 aromatic carbocycles. The molecule has 0 radical (unpaired) electrons. The zero-order valence-electron chi connectivity index (χ0n) is 14.4. The molecule has 0 fully saturated rings. The highest BCUT2D eigenvalue weighted by atomic mass is 35.5. The molecule has 2 rings (SSSR count). The standard InChI is InChI=1S/C20H22ClNO3/c1-3-18(16-8-4-14(2)5-9-16)22-19(23)13-25-20(24)12-15-6-10-17(21)11-7-15/h4-11,18H,3,12-13H2,1-2H3,(H,22,23)/t18-/m0/s1. The number of hydrogen-bond acceptors (Lipinski definition) is 3. The van der Waals surface area contributed by atoms with Crippen LogP contribution in [0.25, 0.3) is 0 Å². The molecule has 0 aliphatic rings. The molecule has 1 atom stereocenters. The minimum Gasteiger partial charge on any atom is -0.455 e. The molecule has 2 aromatic rings. The van der Waals surface area contributed by atoms with E-state index in [2.05, 4.69) is 5.32 Å². The molecular formula is C20H22ClNO3. The lowest BCUT2D eigenvalue weighted by atomic mass is 10.0. The van der Waals surface area contributed by atoms with Crippen LogP contribution in [-0.2, 0) is 20.7 Å². The first kappa shape index (κ1) is 19.0. The van der Waals surface area contributed by atoms with Crippen LogP contribution in [0, 0.1) is 6.92 Å². The number of carbonyl (C=O) groups excluding carboxylic acids is 2. The van der Waals surface area contributed by atoms with E-state index in [-0.39, 0.29) is 25.0 Å². The number of ether oxygens (including phenoxy) is 1. The van der Waals surface area contributed by atoms with Crippen molar-refractivity contribution >= 4 is 23.5 Å². The molecule has 25 heavy (non-hydrogen) atoms. The van der Waals surface area contributed by atoms with Crippen molar-refractivity contribution in [2.24, 2.45) is 0 Å². The molecule has 5 heteroatoms. The molecular weight excluding hydrogens is 338 g/mol. The average molecular weight is 360 g/mol. The molecule has 4 nitrogen and oxygen atoms in total. The van der Waals surface area contributed by atoms with Crippen LogP contribution in [-0.4, -0.2) is 18.5 Å². The van der Waals surface area contributed by atoms with Gasteiger partial charge >= 0.3 is 5.97 Å². The van der Waals surface area contributed by atoms with Crippen molar-refractivity contribution in [1.29, 1.82) is 0 Å². The molecule has 0 aromatic heterocycles. The van der Waals surface area contributed by atoms with Crippen molar-refractivity contribution in [1.82, 2.24) is 5.32 Å². The first-order valence-electron chi connectivity index (χ1n) is 8.24. The summed E-state index contributed by atoms with van der Waals surface area (Å²) in [7, 11) is 0. The zero-order chi connectivity index (χ0) is 18.2. The number of nitrogens with one attached hydrogen (secondary N) is 1. The number of benzene rings is 2. The maximum absolute atomic E-state index is 12.0. The number of rotatable bonds is 7. The Morgan fingerprint density at radius 2 is 1.72 bits per heavy atom. The smallest absolute Gasteiger partial charge is 0.310 e. The highest BCUT2D eigenvalue weighted by Crippen LogP contribution is 2.17. The Bertz CT molecular complexity index is 711. The van der Waals surface area contributed by atoms with Gasteiger partial charge in [-0.25, -0.2) is 0 Å². The SMILES string of the molecule is CC[C@H](NC(=O)COC(=O)Cc1ccc(Cl)cc1)c1ccc(C)cc1. The van der Waals surface area contributed by atoms with Crippen molar-refractivity contribution in [2.45, 2.75) is 32.7 Å². The van der Waals surface area contributed by atoms with E-state index >= 15 is 0 Å². The number of amides is 1. The van der Waals surface area contributed by atoms with Crippen LogP contribution >= 0.6 is 11.6 Å². The average Bonchev–Trinajstić information content (AvgIpc) is 2.61. The Hall–Kier alpha value is -2.33. The van der Waals surface area contributed by atoms with Gasteiger partial charge in [-0.2, -0.15) is 0 Å². The third-order valence-corrected chi connectivity index (χ3v) is 4.10. The molecule has 0 saturated heterocycles. The van der Waals surface area contributed by atoms with Gasteiger partial charge in [0.25, 0.3) is 5.91 Å². The molecule has 1 N–H and O–H groups in total. The van der Waals surface area contributed by atoms with Gasteiger partial charge in [0.2, 0.25) is 0 Å². The highest BCUT2D eigenvalue weighted by molar-refractivity contribution is 6.30. The third-order valence-electron chi connectivity index (χ3n) is 3.85. The molecule has 1 amide bonds. The molecule has 0 aliphatic heterocycles. The van der Waals surface area contributed by atoms with Gasteiger partial charge in [0.05, 0.1) is 12.5 Å². The fourth-order valence-electron chi connectivity index (χ4n) is 2.42. The van der Waals surface area contributed by atoms with E-state index in [1.54, 1.807) is 24.3 Å². The fraction of sp³-hybridized carbons (Fsp3) is 0.300.